The molecule has 1 N–H and O–H groups in total. The first kappa shape index (κ1) is 16.5. The maximum atomic E-state index is 12.7. The summed E-state index contributed by atoms with van der Waals surface area (Å²) in [5.74, 6) is 1.86. The minimum Gasteiger partial charge on any atom is -0.457 e. The van der Waals surface area contributed by atoms with Gasteiger partial charge in [-0.1, -0.05) is 18.2 Å². The number of rotatable bonds is 5. The van der Waals surface area contributed by atoms with Gasteiger partial charge < -0.3 is 15.0 Å². The summed E-state index contributed by atoms with van der Waals surface area (Å²) in [4.78, 5) is 18.9. The predicted molar refractivity (Wildman–Crippen MR) is 93.3 cm³/mol. The summed E-state index contributed by atoms with van der Waals surface area (Å²) in [7, 11) is 1.95. The van der Waals surface area contributed by atoms with E-state index in [2.05, 4.69) is 10.3 Å². The van der Waals surface area contributed by atoms with Crippen LogP contribution in [0, 0.1) is 5.92 Å². The van der Waals surface area contributed by atoms with Crippen LogP contribution in [-0.4, -0.2) is 42.5 Å². The van der Waals surface area contributed by atoms with Gasteiger partial charge in [-0.2, -0.15) is 0 Å². The van der Waals surface area contributed by atoms with Crippen LogP contribution in [0.1, 0.15) is 23.3 Å². The van der Waals surface area contributed by atoms with E-state index in [-0.39, 0.29) is 5.91 Å². The normalized spacial score (nSPS) is 17.5. The van der Waals surface area contributed by atoms with E-state index >= 15 is 0 Å². The van der Waals surface area contributed by atoms with Crippen LogP contribution in [0.5, 0.6) is 11.5 Å². The zero-order valence-corrected chi connectivity index (χ0v) is 13.9. The molecule has 0 spiro atoms. The van der Waals surface area contributed by atoms with Crippen molar-refractivity contribution in [3.8, 4) is 11.5 Å². The second-order valence-corrected chi connectivity index (χ2v) is 6.11. The monoisotopic (exact) mass is 325 g/mol. The number of piperidine rings is 1. The summed E-state index contributed by atoms with van der Waals surface area (Å²) < 4.78 is 5.80. The average Bonchev–Trinajstić information content (AvgIpc) is 2.63. The molecule has 0 bridgehead atoms. The molecule has 1 aliphatic rings. The molecule has 1 saturated heterocycles. The number of nitrogens with zero attached hydrogens (tertiary/aromatic N) is 2. The van der Waals surface area contributed by atoms with E-state index < -0.39 is 0 Å². The number of ether oxygens (including phenoxy) is 1. The molecule has 126 valence electrons. The van der Waals surface area contributed by atoms with Gasteiger partial charge in [-0.3, -0.25) is 9.78 Å². The molecule has 5 heteroatoms. The highest BCUT2D eigenvalue weighted by Crippen LogP contribution is 2.22. The molecule has 24 heavy (non-hydrogen) atoms. The highest BCUT2D eigenvalue weighted by atomic mass is 16.5. The van der Waals surface area contributed by atoms with Gasteiger partial charge in [-0.15, -0.1) is 0 Å². The molecule has 1 atom stereocenters. The molecule has 3 rings (SSSR count). The van der Waals surface area contributed by atoms with E-state index in [9.17, 15) is 4.79 Å². The summed E-state index contributed by atoms with van der Waals surface area (Å²) in [6.45, 7) is 2.52. The molecule has 0 saturated carbocycles. The van der Waals surface area contributed by atoms with Gasteiger partial charge in [0.15, 0.2) is 0 Å². The fourth-order valence-electron chi connectivity index (χ4n) is 3.08. The van der Waals surface area contributed by atoms with Crippen molar-refractivity contribution in [1.82, 2.24) is 15.2 Å². The quantitative estimate of drug-likeness (QED) is 0.918. The maximum Gasteiger partial charge on any atom is 0.272 e. The number of nitrogens with one attached hydrogen (secondary N) is 1. The molecule has 1 unspecified atom stereocenters. The van der Waals surface area contributed by atoms with Crippen molar-refractivity contribution in [3.05, 3.63) is 54.4 Å². The zero-order valence-electron chi connectivity index (χ0n) is 13.9. The third-order valence-electron chi connectivity index (χ3n) is 4.23. The van der Waals surface area contributed by atoms with E-state index in [4.69, 9.17) is 4.74 Å². The Balaban J connectivity index is 1.70. The molecular formula is C19H23N3O2. The van der Waals surface area contributed by atoms with Gasteiger partial charge in [0, 0.05) is 25.4 Å². The Morgan fingerprint density at radius 2 is 2.12 bits per heavy atom. The van der Waals surface area contributed by atoms with Crippen molar-refractivity contribution in [2.45, 2.75) is 12.8 Å². The van der Waals surface area contributed by atoms with Gasteiger partial charge in [-0.25, -0.2) is 0 Å². The number of likely N-dealkylation sites (tertiary alicyclic amines) is 1. The van der Waals surface area contributed by atoms with Crippen LogP contribution in [-0.2, 0) is 0 Å². The molecular weight excluding hydrogens is 302 g/mol. The van der Waals surface area contributed by atoms with Crippen LogP contribution >= 0.6 is 0 Å². The number of pyridine rings is 1. The molecule has 0 radical (unpaired) electrons. The highest BCUT2D eigenvalue weighted by molar-refractivity contribution is 5.92. The lowest BCUT2D eigenvalue weighted by Gasteiger charge is -2.32. The number of aromatic nitrogens is 1. The second kappa shape index (κ2) is 7.93. The second-order valence-electron chi connectivity index (χ2n) is 6.11. The lowest BCUT2D eigenvalue weighted by Crippen LogP contribution is -2.42. The molecule has 0 aliphatic carbocycles. The Kier molecular flexibility index (Phi) is 5.43. The SMILES string of the molecule is CNCC1CCCN(C(=O)c2cc(Oc3ccccc3)ccn2)C1. The van der Waals surface area contributed by atoms with Crippen molar-refractivity contribution >= 4 is 5.91 Å². The average molecular weight is 325 g/mol. The number of hydrogen-bond donors (Lipinski definition) is 1. The lowest BCUT2D eigenvalue weighted by molar-refractivity contribution is 0.0668. The van der Waals surface area contributed by atoms with Crippen LogP contribution < -0.4 is 10.1 Å². The Morgan fingerprint density at radius 3 is 2.92 bits per heavy atom. The highest BCUT2D eigenvalue weighted by Gasteiger charge is 2.25. The third kappa shape index (κ3) is 4.11. The summed E-state index contributed by atoms with van der Waals surface area (Å²) >= 11 is 0. The topological polar surface area (TPSA) is 54.5 Å². The third-order valence-corrected chi connectivity index (χ3v) is 4.23. The summed E-state index contributed by atoms with van der Waals surface area (Å²) in [6.07, 6.45) is 3.83. The van der Waals surface area contributed by atoms with Crippen molar-refractivity contribution < 1.29 is 9.53 Å². The standard InChI is InChI=1S/C19H23N3O2/c1-20-13-15-6-5-11-22(14-15)19(23)18-12-17(9-10-21-18)24-16-7-3-2-4-8-16/h2-4,7-10,12,15,20H,5-6,11,13-14H2,1H3. The molecule has 1 aromatic heterocycles. The zero-order chi connectivity index (χ0) is 16.8. The Bertz CT molecular complexity index is 673. The van der Waals surface area contributed by atoms with Crippen LogP contribution in [0.3, 0.4) is 0 Å². The fraction of sp³-hybridized carbons (Fsp3) is 0.368. The van der Waals surface area contributed by atoms with Crippen molar-refractivity contribution in [2.75, 3.05) is 26.7 Å². The fourth-order valence-corrected chi connectivity index (χ4v) is 3.08. The van der Waals surface area contributed by atoms with Crippen molar-refractivity contribution in [2.24, 2.45) is 5.92 Å². The van der Waals surface area contributed by atoms with E-state index in [1.54, 1.807) is 18.3 Å². The molecule has 1 amide bonds. The van der Waals surface area contributed by atoms with E-state index in [1.807, 2.05) is 42.3 Å². The number of carbonyl (C=O) groups is 1. The molecule has 1 fully saturated rings. The van der Waals surface area contributed by atoms with Gasteiger partial charge >= 0.3 is 0 Å². The smallest absolute Gasteiger partial charge is 0.272 e. The number of hydrogen-bond acceptors (Lipinski definition) is 4. The first-order valence-corrected chi connectivity index (χ1v) is 8.39. The van der Waals surface area contributed by atoms with Crippen LogP contribution in [0.25, 0.3) is 0 Å². The van der Waals surface area contributed by atoms with Crippen molar-refractivity contribution in [3.63, 3.8) is 0 Å². The van der Waals surface area contributed by atoms with E-state index in [1.165, 1.54) is 0 Å². The summed E-state index contributed by atoms with van der Waals surface area (Å²) in [6, 6.07) is 13.0. The van der Waals surface area contributed by atoms with Gasteiger partial charge in [0.05, 0.1) is 0 Å². The first-order chi connectivity index (χ1) is 11.8. The summed E-state index contributed by atoms with van der Waals surface area (Å²) in [5.41, 5.74) is 0.438. The van der Waals surface area contributed by atoms with Crippen LogP contribution in [0.4, 0.5) is 0 Å². The minimum absolute atomic E-state index is 0.0192. The molecule has 2 heterocycles. The predicted octanol–water partition coefficient (Wildman–Crippen LogP) is 2.95. The van der Waals surface area contributed by atoms with Gasteiger partial charge in [0.1, 0.15) is 17.2 Å². The lowest BCUT2D eigenvalue weighted by atomic mass is 9.98. The van der Waals surface area contributed by atoms with Crippen molar-refractivity contribution in [1.29, 1.82) is 0 Å². The number of benzene rings is 1. The Hall–Kier alpha value is -2.40. The molecule has 2 aromatic rings. The molecule has 1 aromatic carbocycles. The Morgan fingerprint density at radius 1 is 1.29 bits per heavy atom. The summed E-state index contributed by atoms with van der Waals surface area (Å²) in [5, 5.41) is 3.20. The minimum atomic E-state index is -0.0192. The van der Waals surface area contributed by atoms with Gasteiger partial charge in [-0.05, 0) is 50.6 Å². The number of carbonyl (C=O) groups excluding carboxylic acids is 1. The number of amides is 1. The maximum absolute atomic E-state index is 12.7. The van der Waals surface area contributed by atoms with E-state index in [0.717, 1.165) is 38.2 Å². The van der Waals surface area contributed by atoms with Gasteiger partial charge in [0.25, 0.3) is 5.91 Å². The van der Waals surface area contributed by atoms with Crippen LogP contribution in [0.2, 0.25) is 0 Å². The largest absolute Gasteiger partial charge is 0.457 e. The van der Waals surface area contributed by atoms with Crippen LogP contribution in [0.15, 0.2) is 48.7 Å². The first-order valence-electron chi connectivity index (χ1n) is 8.39. The number of para-hydroxylation sites is 1. The molecule has 1 aliphatic heterocycles. The Labute approximate surface area is 142 Å². The van der Waals surface area contributed by atoms with Gasteiger partial charge in [0.2, 0.25) is 0 Å². The molecule has 5 nitrogen and oxygen atoms in total. The van der Waals surface area contributed by atoms with E-state index in [0.29, 0.717) is 17.4 Å².